The molecule has 0 aliphatic heterocycles. The summed E-state index contributed by atoms with van der Waals surface area (Å²) in [6, 6.07) is 9.59. The van der Waals surface area contributed by atoms with Crippen LogP contribution in [0.4, 0.5) is 13.2 Å². The molecule has 10 heteroatoms. The maximum absolute atomic E-state index is 12.7. The lowest BCUT2D eigenvalue weighted by Crippen LogP contribution is -2.32. The first-order valence-corrected chi connectivity index (χ1v) is 9.17. The minimum atomic E-state index is -4.56. The molecule has 3 rings (SSSR count). The fourth-order valence-electron chi connectivity index (χ4n) is 2.50. The molecule has 0 saturated carbocycles. The molecule has 0 spiro atoms. The summed E-state index contributed by atoms with van der Waals surface area (Å²) in [7, 11) is 1.82. The first-order valence-electron chi connectivity index (χ1n) is 8.19. The van der Waals surface area contributed by atoms with Crippen LogP contribution in [0.1, 0.15) is 23.1 Å². The number of carbonyl (C=O) groups excluding carboxylic acids is 1. The zero-order valence-electron chi connectivity index (χ0n) is 14.7. The van der Waals surface area contributed by atoms with Crippen LogP contribution in [0, 0.1) is 0 Å². The molecule has 0 fully saturated rings. The molecule has 28 heavy (non-hydrogen) atoms. The van der Waals surface area contributed by atoms with E-state index in [1.54, 1.807) is 17.0 Å². The highest BCUT2D eigenvalue weighted by Gasteiger charge is 2.32. The molecule has 6 nitrogen and oxygen atoms in total. The smallest absolute Gasteiger partial charge is 0.341 e. The number of carbonyl (C=O) groups is 1. The van der Waals surface area contributed by atoms with Crippen LogP contribution in [0.5, 0.6) is 0 Å². The monoisotopic (exact) mass is 407 g/mol. The third-order valence-electron chi connectivity index (χ3n) is 3.81. The van der Waals surface area contributed by atoms with E-state index in [-0.39, 0.29) is 16.8 Å². The molecular weight excluding hydrogens is 391 g/mol. The number of imidazole rings is 1. The van der Waals surface area contributed by atoms with Gasteiger partial charge in [-0.1, -0.05) is 42.1 Å². The molecular formula is C18H16F3N5OS. The fourth-order valence-corrected chi connectivity index (χ4v) is 3.14. The highest BCUT2D eigenvalue weighted by atomic mass is 32.2. The standard InChI is InChI=1S/C18H16F3N5OS/c1-26-10-9-22-16(26)15(12-5-3-2-4-6-12)25-14(27)11-28-17-23-8-7-13(24-17)18(19,20)21/h2-10,15H,11H2,1H3,(H,25,27)/t15-/m0/s1. The second-order valence-corrected chi connectivity index (χ2v) is 6.76. The Kier molecular flexibility index (Phi) is 5.98. The van der Waals surface area contributed by atoms with E-state index in [2.05, 4.69) is 20.3 Å². The largest absolute Gasteiger partial charge is 0.433 e. The van der Waals surface area contributed by atoms with Crippen molar-refractivity contribution in [2.24, 2.45) is 7.05 Å². The Balaban J connectivity index is 1.71. The maximum Gasteiger partial charge on any atom is 0.433 e. The number of thioether (sulfide) groups is 1. The number of halogens is 3. The van der Waals surface area contributed by atoms with Crippen molar-refractivity contribution in [3.8, 4) is 0 Å². The fraction of sp³-hybridized carbons (Fsp3) is 0.222. The quantitative estimate of drug-likeness (QED) is 0.502. The van der Waals surface area contributed by atoms with Gasteiger partial charge in [-0.3, -0.25) is 4.79 Å². The summed E-state index contributed by atoms with van der Waals surface area (Å²) >= 11 is 0.836. The van der Waals surface area contributed by atoms with Gasteiger partial charge in [-0.05, 0) is 11.6 Å². The number of aromatic nitrogens is 4. The Morgan fingerprint density at radius 1 is 1.18 bits per heavy atom. The minimum absolute atomic E-state index is 0.113. The van der Waals surface area contributed by atoms with Gasteiger partial charge in [-0.15, -0.1) is 0 Å². The Morgan fingerprint density at radius 3 is 2.57 bits per heavy atom. The first-order chi connectivity index (χ1) is 13.3. The number of hydrogen-bond acceptors (Lipinski definition) is 5. The van der Waals surface area contributed by atoms with E-state index in [0.29, 0.717) is 5.82 Å². The molecule has 0 saturated heterocycles. The van der Waals surface area contributed by atoms with E-state index in [1.165, 1.54) is 0 Å². The van der Waals surface area contributed by atoms with Crippen molar-refractivity contribution in [1.82, 2.24) is 24.8 Å². The summed E-state index contributed by atoms with van der Waals surface area (Å²) in [5.74, 6) is 0.137. The number of aryl methyl sites for hydroxylation is 1. The maximum atomic E-state index is 12.7. The van der Waals surface area contributed by atoms with Crippen molar-refractivity contribution in [2.75, 3.05) is 5.75 Å². The molecule has 0 aliphatic rings. The number of nitrogens with zero attached hydrogens (tertiary/aromatic N) is 4. The second-order valence-electron chi connectivity index (χ2n) is 5.82. The number of hydrogen-bond donors (Lipinski definition) is 1. The molecule has 0 radical (unpaired) electrons. The van der Waals surface area contributed by atoms with Gasteiger partial charge in [-0.2, -0.15) is 13.2 Å². The first kappa shape index (κ1) is 19.9. The number of rotatable bonds is 6. The van der Waals surface area contributed by atoms with Crippen molar-refractivity contribution in [3.05, 3.63) is 72.1 Å². The summed E-state index contributed by atoms with van der Waals surface area (Å²) in [6.07, 6.45) is -0.140. The molecule has 146 valence electrons. The van der Waals surface area contributed by atoms with Gasteiger partial charge in [0.25, 0.3) is 0 Å². The Morgan fingerprint density at radius 2 is 1.93 bits per heavy atom. The van der Waals surface area contributed by atoms with E-state index in [9.17, 15) is 18.0 Å². The Labute approximate surface area is 163 Å². The van der Waals surface area contributed by atoms with E-state index >= 15 is 0 Å². The molecule has 0 bridgehead atoms. The van der Waals surface area contributed by atoms with Gasteiger partial charge in [0.2, 0.25) is 5.91 Å². The zero-order valence-corrected chi connectivity index (χ0v) is 15.5. The van der Waals surface area contributed by atoms with E-state index < -0.39 is 17.9 Å². The van der Waals surface area contributed by atoms with Crippen LogP contribution in [0.15, 0.2) is 60.1 Å². The zero-order chi connectivity index (χ0) is 20.1. The Hall–Kier alpha value is -2.88. The molecule has 3 aromatic rings. The third-order valence-corrected chi connectivity index (χ3v) is 4.67. The van der Waals surface area contributed by atoms with E-state index in [4.69, 9.17) is 0 Å². The van der Waals surface area contributed by atoms with Crippen LogP contribution in [0.3, 0.4) is 0 Å². The van der Waals surface area contributed by atoms with Crippen LogP contribution in [0.2, 0.25) is 0 Å². The second kappa shape index (κ2) is 8.42. The summed E-state index contributed by atoms with van der Waals surface area (Å²) in [5, 5.41) is 2.76. The number of amides is 1. The van der Waals surface area contributed by atoms with Crippen molar-refractivity contribution in [1.29, 1.82) is 0 Å². The van der Waals surface area contributed by atoms with Crippen molar-refractivity contribution >= 4 is 17.7 Å². The highest BCUT2D eigenvalue weighted by molar-refractivity contribution is 7.99. The van der Waals surface area contributed by atoms with Gasteiger partial charge in [0.15, 0.2) is 5.16 Å². The van der Waals surface area contributed by atoms with Crippen LogP contribution in [-0.4, -0.2) is 31.2 Å². The SMILES string of the molecule is Cn1ccnc1[C@@H](NC(=O)CSc1nccc(C(F)(F)F)n1)c1ccccc1. The molecule has 1 aromatic carbocycles. The van der Waals surface area contributed by atoms with Gasteiger partial charge in [0.05, 0.1) is 5.75 Å². The average Bonchev–Trinajstić information content (AvgIpc) is 3.10. The van der Waals surface area contributed by atoms with E-state index in [0.717, 1.165) is 29.6 Å². The van der Waals surface area contributed by atoms with Gasteiger partial charge >= 0.3 is 6.18 Å². The minimum Gasteiger partial charge on any atom is -0.341 e. The normalized spacial score (nSPS) is 12.6. The summed E-state index contributed by atoms with van der Waals surface area (Å²) < 4.78 is 40.0. The highest BCUT2D eigenvalue weighted by Crippen LogP contribution is 2.28. The number of benzene rings is 1. The van der Waals surface area contributed by atoms with Crippen molar-refractivity contribution in [3.63, 3.8) is 0 Å². The average molecular weight is 407 g/mol. The number of alkyl halides is 3. The lowest BCUT2D eigenvalue weighted by molar-refractivity contribution is -0.141. The van der Waals surface area contributed by atoms with E-state index in [1.807, 2.05) is 37.4 Å². The Bertz CT molecular complexity index is 946. The van der Waals surface area contributed by atoms with Crippen LogP contribution in [0.25, 0.3) is 0 Å². The van der Waals surface area contributed by atoms with Gasteiger partial charge in [0, 0.05) is 25.6 Å². The topological polar surface area (TPSA) is 72.7 Å². The number of nitrogens with one attached hydrogen (secondary N) is 1. The molecule has 1 amide bonds. The van der Waals surface area contributed by atoms with Crippen molar-refractivity contribution in [2.45, 2.75) is 17.4 Å². The lowest BCUT2D eigenvalue weighted by Gasteiger charge is -2.19. The van der Waals surface area contributed by atoms with Crippen molar-refractivity contribution < 1.29 is 18.0 Å². The summed E-state index contributed by atoms with van der Waals surface area (Å²) in [4.78, 5) is 24.0. The summed E-state index contributed by atoms with van der Waals surface area (Å²) in [5.41, 5.74) is -0.203. The molecule has 0 aliphatic carbocycles. The van der Waals surface area contributed by atoms with Crippen LogP contribution >= 0.6 is 11.8 Å². The molecule has 1 atom stereocenters. The predicted octanol–water partition coefficient (Wildman–Crippen LogP) is 3.23. The lowest BCUT2D eigenvalue weighted by atomic mass is 10.1. The van der Waals surface area contributed by atoms with Gasteiger partial charge < -0.3 is 9.88 Å². The molecule has 0 unspecified atom stereocenters. The van der Waals surface area contributed by atoms with Gasteiger partial charge in [0.1, 0.15) is 17.6 Å². The molecule has 2 heterocycles. The predicted molar refractivity (Wildman–Crippen MR) is 97.4 cm³/mol. The third kappa shape index (κ3) is 4.89. The van der Waals surface area contributed by atoms with Crippen LogP contribution in [-0.2, 0) is 18.0 Å². The van der Waals surface area contributed by atoms with Gasteiger partial charge in [-0.25, -0.2) is 15.0 Å². The summed E-state index contributed by atoms with van der Waals surface area (Å²) in [6.45, 7) is 0. The van der Waals surface area contributed by atoms with Crippen LogP contribution < -0.4 is 5.32 Å². The molecule has 1 N–H and O–H groups in total. The molecule has 2 aromatic heterocycles.